The van der Waals surface area contributed by atoms with Gasteiger partial charge >= 0.3 is 11.9 Å². The molecular formula is C8H14N2O3. The van der Waals surface area contributed by atoms with Crippen LogP contribution in [0.5, 0.6) is 0 Å². The van der Waals surface area contributed by atoms with E-state index in [-0.39, 0.29) is 12.1 Å². The second-order valence-corrected chi connectivity index (χ2v) is 3.48. The van der Waals surface area contributed by atoms with Gasteiger partial charge in [-0.25, -0.2) is 4.79 Å². The fraction of sp³-hybridized carbons (Fsp3) is 0.750. The van der Waals surface area contributed by atoms with Gasteiger partial charge in [0.2, 0.25) is 0 Å². The van der Waals surface area contributed by atoms with E-state index in [1.54, 1.807) is 0 Å². The molecule has 0 aromatic rings. The van der Waals surface area contributed by atoms with Gasteiger partial charge in [0, 0.05) is 25.2 Å². The number of nitrogens with zero attached hydrogens (tertiary/aromatic N) is 1. The van der Waals surface area contributed by atoms with Gasteiger partial charge in [-0.15, -0.1) is 0 Å². The lowest BCUT2D eigenvalue weighted by Gasteiger charge is -2.35. The van der Waals surface area contributed by atoms with Gasteiger partial charge < -0.3 is 15.3 Å². The second kappa shape index (κ2) is 3.74. The number of rotatable bonds is 0. The topological polar surface area (TPSA) is 69.6 Å². The van der Waals surface area contributed by atoms with Crippen LogP contribution >= 0.6 is 0 Å². The fourth-order valence-corrected chi connectivity index (χ4v) is 1.63. The number of hydrogen-bond donors (Lipinski definition) is 2. The van der Waals surface area contributed by atoms with Crippen molar-refractivity contribution in [2.75, 3.05) is 13.1 Å². The molecular weight excluding hydrogens is 172 g/mol. The Morgan fingerprint density at radius 2 is 1.77 bits per heavy atom. The third-order valence-electron chi connectivity index (χ3n) is 2.03. The number of carbonyl (C=O) groups is 2. The number of carboxylic acid groups (broad SMARTS) is 1. The highest BCUT2D eigenvalue weighted by Gasteiger charge is 2.28. The van der Waals surface area contributed by atoms with Crippen molar-refractivity contribution in [2.45, 2.75) is 25.9 Å². The summed E-state index contributed by atoms with van der Waals surface area (Å²) >= 11 is 0. The van der Waals surface area contributed by atoms with Gasteiger partial charge in [0.1, 0.15) is 0 Å². The first kappa shape index (κ1) is 9.98. The Balaban J connectivity index is 2.60. The van der Waals surface area contributed by atoms with Gasteiger partial charge in [-0.2, -0.15) is 0 Å². The van der Waals surface area contributed by atoms with Gasteiger partial charge in [0.15, 0.2) is 0 Å². The normalized spacial score (nSPS) is 28.6. The predicted octanol–water partition coefficient (Wildman–Crippen LogP) is -0.720. The molecule has 0 aliphatic carbocycles. The third-order valence-corrected chi connectivity index (χ3v) is 2.03. The molecule has 0 radical (unpaired) electrons. The molecule has 0 aromatic heterocycles. The van der Waals surface area contributed by atoms with Gasteiger partial charge in [-0.3, -0.25) is 4.79 Å². The minimum atomic E-state index is -1.37. The molecule has 1 fully saturated rings. The largest absolute Gasteiger partial charge is 0.474 e. The van der Waals surface area contributed by atoms with Crippen LogP contribution in [0.4, 0.5) is 0 Å². The average Bonchev–Trinajstić information content (AvgIpc) is 2.01. The molecule has 2 N–H and O–H groups in total. The molecule has 0 aromatic carbocycles. The maximum Gasteiger partial charge on any atom is 0.394 e. The molecule has 2 atom stereocenters. The monoisotopic (exact) mass is 186 g/mol. The molecule has 1 heterocycles. The van der Waals surface area contributed by atoms with Crippen LogP contribution < -0.4 is 5.32 Å². The van der Waals surface area contributed by atoms with Crippen LogP contribution in [0.3, 0.4) is 0 Å². The van der Waals surface area contributed by atoms with Crippen LogP contribution in [-0.2, 0) is 9.59 Å². The quantitative estimate of drug-likeness (QED) is 0.490. The van der Waals surface area contributed by atoms with E-state index in [9.17, 15) is 9.59 Å². The minimum absolute atomic E-state index is 0.159. The minimum Gasteiger partial charge on any atom is -0.474 e. The van der Waals surface area contributed by atoms with Crippen LogP contribution in [0.25, 0.3) is 0 Å². The first-order valence-electron chi connectivity index (χ1n) is 4.29. The molecule has 1 amide bonds. The molecule has 74 valence electrons. The Kier molecular flexibility index (Phi) is 2.87. The van der Waals surface area contributed by atoms with Crippen molar-refractivity contribution < 1.29 is 14.7 Å². The summed E-state index contributed by atoms with van der Waals surface area (Å²) in [5.74, 6) is -2.18. The Morgan fingerprint density at radius 3 is 2.15 bits per heavy atom. The van der Waals surface area contributed by atoms with Crippen molar-refractivity contribution in [3.05, 3.63) is 0 Å². The van der Waals surface area contributed by atoms with E-state index in [1.807, 2.05) is 13.8 Å². The molecule has 13 heavy (non-hydrogen) atoms. The SMILES string of the molecule is C[C@@H]1CN(C(=O)C(=O)O)C[C@@H](C)N1. The molecule has 1 rings (SSSR count). The van der Waals surface area contributed by atoms with Gasteiger partial charge in [0.05, 0.1) is 0 Å². The Hall–Kier alpha value is -1.10. The molecule has 1 aliphatic heterocycles. The van der Waals surface area contributed by atoms with Crippen LogP contribution in [0.2, 0.25) is 0 Å². The third kappa shape index (κ3) is 2.42. The van der Waals surface area contributed by atoms with Crippen molar-refractivity contribution in [1.82, 2.24) is 10.2 Å². The van der Waals surface area contributed by atoms with E-state index in [2.05, 4.69) is 5.32 Å². The van der Waals surface area contributed by atoms with Crippen LogP contribution in [0, 0.1) is 0 Å². The molecule has 0 bridgehead atoms. The van der Waals surface area contributed by atoms with Gasteiger partial charge in [0.25, 0.3) is 0 Å². The van der Waals surface area contributed by atoms with Crippen LogP contribution in [0.1, 0.15) is 13.8 Å². The van der Waals surface area contributed by atoms with E-state index in [4.69, 9.17) is 5.11 Å². The lowest BCUT2D eigenvalue weighted by molar-refractivity contribution is -0.156. The zero-order valence-corrected chi connectivity index (χ0v) is 7.78. The van der Waals surface area contributed by atoms with E-state index in [0.29, 0.717) is 13.1 Å². The highest BCUT2D eigenvalue weighted by molar-refractivity contribution is 6.31. The van der Waals surface area contributed by atoms with E-state index in [0.717, 1.165) is 0 Å². The number of amides is 1. The molecule has 1 aliphatic rings. The first-order chi connectivity index (χ1) is 6.00. The van der Waals surface area contributed by atoms with Crippen molar-refractivity contribution in [3.8, 4) is 0 Å². The lowest BCUT2D eigenvalue weighted by Crippen LogP contribution is -2.57. The molecule has 5 heteroatoms. The molecule has 0 unspecified atom stereocenters. The van der Waals surface area contributed by atoms with Crippen molar-refractivity contribution in [2.24, 2.45) is 0 Å². The maximum absolute atomic E-state index is 11.1. The van der Waals surface area contributed by atoms with E-state index < -0.39 is 11.9 Å². The van der Waals surface area contributed by atoms with Crippen molar-refractivity contribution >= 4 is 11.9 Å². The number of piperazine rings is 1. The lowest BCUT2D eigenvalue weighted by atomic mass is 10.1. The summed E-state index contributed by atoms with van der Waals surface area (Å²) in [6.07, 6.45) is 0. The number of aliphatic carboxylic acids is 1. The summed E-state index contributed by atoms with van der Waals surface area (Å²) in [7, 11) is 0. The Labute approximate surface area is 76.7 Å². The van der Waals surface area contributed by atoms with Crippen LogP contribution in [0.15, 0.2) is 0 Å². The second-order valence-electron chi connectivity index (χ2n) is 3.48. The first-order valence-corrected chi connectivity index (χ1v) is 4.29. The standard InChI is InChI=1S/C8H14N2O3/c1-5-3-10(4-6(2)9-5)7(11)8(12)13/h5-6,9H,3-4H2,1-2H3,(H,12,13)/t5-,6-/m1/s1. The van der Waals surface area contributed by atoms with E-state index in [1.165, 1.54) is 4.90 Å². The molecule has 0 spiro atoms. The molecule has 5 nitrogen and oxygen atoms in total. The number of hydrogen-bond acceptors (Lipinski definition) is 3. The van der Waals surface area contributed by atoms with Crippen LogP contribution in [-0.4, -0.2) is 47.1 Å². The highest BCUT2D eigenvalue weighted by Crippen LogP contribution is 2.03. The maximum atomic E-state index is 11.1. The van der Waals surface area contributed by atoms with Gasteiger partial charge in [-0.1, -0.05) is 0 Å². The highest BCUT2D eigenvalue weighted by atomic mass is 16.4. The zero-order chi connectivity index (χ0) is 10.0. The predicted molar refractivity (Wildman–Crippen MR) is 46.3 cm³/mol. The fourth-order valence-electron chi connectivity index (χ4n) is 1.63. The average molecular weight is 186 g/mol. The number of carbonyl (C=O) groups excluding carboxylic acids is 1. The smallest absolute Gasteiger partial charge is 0.394 e. The summed E-state index contributed by atoms with van der Waals surface area (Å²) < 4.78 is 0. The van der Waals surface area contributed by atoms with Crippen molar-refractivity contribution in [3.63, 3.8) is 0 Å². The summed E-state index contributed by atoms with van der Waals surface area (Å²) in [4.78, 5) is 22.9. The summed E-state index contributed by atoms with van der Waals surface area (Å²) in [5, 5.41) is 11.7. The summed E-state index contributed by atoms with van der Waals surface area (Å²) in [6, 6.07) is 0.319. The number of nitrogens with one attached hydrogen (secondary N) is 1. The Morgan fingerprint density at radius 1 is 1.31 bits per heavy atom. The van der Waals surface area contributed by atoms with Gasteiger partial charge in [-0.05, 0) is 13.8 Å². The summed E-state index contributed by atoms with van der Waals surface area (Å²) in [5.41, 5.74) is 0. The molecule has 0 saturated carbocycles. The number of carboxylic acids is 1. The van der Waals surface area contributed by atoms with E-state index >= 15 is 0 Å². The van der Waals surface area contributed by atoms with Crippen molar-refractivity contribution in [1.29, 1.82) is 0 Å². The zero-order valence-electron chi connectivity index (χ0n) is 7.78. The molecule has 1 saturated heterocycles. The Bertz CT molecular complexity index is 219. The summed E-state index contributed by atoms with van der Waals surface area (Å²) in [6.45, 7) is 4.79.